The van der Waals surface area contributed by atoms with Gasteiger partial charge in [0.2, 0.25) is 5.91 Å². The molecule has 2 amide bonds. The molecule has 7 nitrogen and oxygen atoms in total. The van der Waals surface area contributed by atoms with E-state index in [1.54, 1.807) is 29.1 Å². The first-order valence-electron chi connectivity index (χ1n) is 7.14. The Morgan fingerprint density at radius 1 is 1.14 bits per heavy atom. The SMILES string of the molecule is CCOC(=O)N1CCN(C(=O)CCc2cncnc2)CC1. The number of aryl methyl sites for hydroxylation is 1. The van der Waals surface area contributed by atoms with Crippen LogP contribution in [0.4, 0.5) is 4.79 Å². The van der Waals surface area contributed by atoms with E-state index in [2.05, 4.69) is 9.97 Å². The molecule has 7 heteroatoms. The summed E-state index contributed by atoms with van der Waals surface area (Å²) < 4.78 is 4.95. The van der Waals surface area contributed by atoms with E-state index in [-0.39, 0.29) is 12.0 Å². The third kappa shape index (κ3) is 4.40. The lowest BCUT2D eigenvalue weighted by Gasteiger charge is -2.34. The van der Waals surface area contributed by atoms with Crippen LogP contribution in [0.3, 0.4) is 0 Å². The zero-order valence-corrected chi connectivity index (χ0v) is 12.2. The van der Waals surface area contributed by atoms with Gasteiger partial charge in [-0.05, 0) is 18.9 Å². The number of carbonyl (C=O) groups is 2. The summed E-state index contributed by atoms with van der Waals surface area (Å²) >= 11 is 0. The second kappa shape index (κ2) is 7.56. The summed E-state index contributed by atoms with van der Waals surface area (Å²) in [7, 11) is 0. The minimum atomic E-state index is -0.300. The molecule has 21 heavy (non-hydrogen) atoms. The van der Waals surface area contributed by atoms with Gasteiger partial charge in [-0.2, -0.15) is 0 Å². The zero-order chi connectivity index (χ0) is 15.1. The molecule has 1 saturated heterocycles. The molecule has 0 aromatic carbocycles. The summed E-state index contributed by atoms with van der Waals surface area (Å²) in [5, 5.41) is 0. The van der Waals surface area contributed by atoms with Crippen LogP contribution in [-0.2, 0) is 16.0 Å². The van der Waals surface area contributed by atoms with Gasteiger partial charge >= 0.3 is 6.09 Å². The Bertz CT molecular complexity index is 472. The van der Waals surface area contributed by atoms with Gasteiger partial charge in [-0.15, -0.1) is 0 Å². The van der Waals surface area contributed by atoms with Gasteiger partial charge in [-0.25, -0.2) is 14.8 Å². The van der Waals surface area contributed by atoms with Crippen molar-refractivity contribution < 1.29 is 14.3 Å². The monoisotopic (exact) mass is 292 g/mol. The number of amides is 2. The van der Waals surface area contributed by atoms with Crippen LogP contribution in [0.25, 0.3) is 0 Å². The van der Waals surface area contributed by atoms with Gasteiger partial charge in [-0.1, -0.05) is 0 Å². The highest BCUT2D eigenvalue weighted by atomic mass is 16.6. The van der Waals surface area contributed by atoms with Crippen molar-refractivity contribution in [3.8, 4) is 0 Å². The zero-order valence-electron chi connectivity index (χ0n) is 12.2. The molecule has 1 aliphatic heterocycles. The number of aromatic nitrogens is 2. The molecule has 2 heterocycles. The Morgan fingerprint density at radius 2 is 1.76 bits per heavy atom. The predicted molar refractivity (Wildman–Crippen MR) is 75.5 cm³/mol. The molecule has 2 rings (SSSR count). The molecule has 1 fully saturated rings. The molecule has 0 N–H and O–H groups in total. The van der Waals surface area contributed by atoms with Crippen molar-refractivity contribution in [3.63, 3.8) is 0 Å². The second-order valence-corrected chi connectivity index (χ2v) is 4.81. The van der Waals surface area contributed by atoms with Crippen LogP contribution in [0.1, 0.15) is 18.9 Å². The van der Waals surface area contributed by atoms with Gasteiger partial charge < -0.3 is 14.5 Å². The fourth-order valence-electron chi connectivity index (χ4n) is 2.22. The third-order valence-electron chi connectivity index (χ3n) is 3.40. The summed E-state index contributed by atoms with van der Waals surface area (Å²) in [5.74, 6) is 0.0994. The van der Waals surface area contributed by atoms with Crippen LogP contribution in [0.2, 0.25) is 0 Å². The number of hydrogen-bond donors (Lipinski definition) is 0. The largest absolute Gasteiger partial charge is 0.450 e. The number of nitrogens with zero attached hydrogens (tertiary/aromatic N) is 4. The van der Waals surface area contributed by atoms with E-state index < -0.39 is 0 Å². The lowest BCUT2D eigenvalue weighted by molar-refractivity contribution is -0.132. The molecular formula is C14H20N4O3. The van der Waals surface area contributed by atoms with E-state index in [0.717, 1.165) is 5.56 Å². The summed E-state index contributed by atoms with van der Waals surface area (Å²) in [6, 6.07) is 0. The molecule has 0 saturated carbocycles. The Morgan fingerprint density at radius 3 is 2.38 bits per heavy atom. The quantitative estimate of drug-likeness (QED) is 0.817. The van der Waals surface area contributed by atoms with Gasteiger partial charge in [0.15, 0.2) is 0 Å². The van der Waals surface area contributed by atoms with Crippen LogP contribution in [0.5, 0.6) is 0 Å². The van der Waals surface area contributed by atoms with Crippen molar-refractivity contribution >= 4 is 12.0 Å². The van der Waals surface area contributed by atoms with Gasteiger partial charge in [0.25, 0.3) is 0 Å². The van der Waals surface area contributed by atoms with Gasteiger partial charge in [0.1, 0.15) is 6.33 Å². The molecule has 0 bridgehead atoms. The minimum Gasteiger partial charge on any atom is -0.450 e. The summed E-state index contributed by atoms with van der Waals surface area (Å²) in [4.78, 5) is 35.0. The molecule has 1 aromatic rings. The molecule has 1 aromatic heterocycles. The molecule has 1 aliphatic rings. The normalized spacial score (nSPS) is 14.9. The smallest absolute Gasteiger partial charge is 0.409 e. The van der Waals surface area contributed by atoms with Crippen molar-refractivity contribution in [1.29, 1.82) is 0 Å². The van der Waals surface area contributed by atoms with E-state index in [0.29, 0.717) is 45.6 Å². The van der Waals surface area contributed by atoms with Gasteiger partial charge in [0.05, 0.1) is 6.61 Å². The highest BCUT2D eigenvalue weighted by Crippen LogP contribution is 2.07. The first-order chi connectivity index (χ1) is 10.2. The second-order valence-electron chi connectivity index (χ2n) is 4.81. The minimum absolute atomic E-state index is 0.0994. The summed E-state index contributed by atoms with van der Waals surface area (Å²) in [5.41, 5.74) is 0.955. The maximum absolute atomic E-state index is 12.1. The fourth-order valence-corrected chi connectivity index (χ4v) is 2.22. The van der Waals surface area contributed by atoms with Gasteiger partial charge in [-0.3, -0.25) is 4.79 Å². The van der Waals surface area contributed by atoms with Crippen LogP contribution < -0.4 is 0 Å². The van der Waals surface area contributed by atoms with Crippen LogP contribution in [-0.4, -0.2) is 64.6 Å². The highest BCUT2D eigenvalue weighted by Gasteiger charge is 2.24. The van der Waals surface area contributed by atoms with E-state index in [9.17, 15) is 9.59 Å². The van der Waals surface area contributed by atoms with Crippen molar-refractivity contribution in [2.45, 2.75) is 19.8 Å². The van der Waals surface area contributed by atoms with Gasteiger partial charge in [0, 0.05) is 45.0 Å². The number of carbonyl (C=O) groups excluding carboxylic acids is 2. The lowest BCUT2D eigenvalue weighted by atomic mass is 10.1. The summed E-state index contributed by atoms with van der Waals surface area (Å²) in [6.45, 7) is 4.33. The van der Waals surface area contributed by atoms with Crippen LogP contribution in [0.15, 0.2) is 18.7 Å². The Hall–Kier alpha value is -2.18. The molecule has 0 unspecified atom stereocenters. The molecular weight excluding hydrogens is 272 g/mol. The Labute approximate surface area is 123 Å². The van der Waals surface area contributed by atoms with Crippen molar-refractivity contribution in [1.82, 2.24) is 19.8 Å². The summed E-state index contributed by atoms with van der Waals surface area (Å²) in [6.07, 6.45) is 5.69. The van der Waals surface area contributed by atoms with E-state index in [1.807, 2.05) is 0 Å². The molecule has 0 atom stereocenters. The molecule has 0 spiro atoms. The maximum Gasteiger partial charge on any atom is 0.409 e. The maximum atomic E-state index is 12.1. The average Bonchev–Trinajstić information content (AvgIpc) is 2.54. The molecule has 0 aliphatic carbocycles. The topological polar surface area (TPSA) is 75.6 Å². The van der Waals surface area contributed by atoms with Crippen molar-refractivity contribution in [3.05, 3.63) is 24.3 Å². The first kappa shape index (κ1) is 15.2. The average molecular weight is 292 g/mol. The lowest BCUT2D eigenvalue weighted by Crippen LogP contribution is -2.50. The van der Waals surface area contributed by atoms with Crippen LogP contribution in [0, 0.1) is 0 Å². The predicted octanol–water partition coefficient (Wildman–Crippen LogP) is 0.710. The van der Waals surface area contributed by atoms with E-state index in [4.69, 9.17) is 4.74 Å². The number of piperazine rings is 1. The number of ether oxygens (including phenoxy) is 1. The van der Waals surface area contributed by atoms with Crippen LogP contribution >= 0.6 is 0 Å². The van der Waals surface area contributed by atoms with Crippen molar-refractivity contribution in [2.75, 3.05) is 32.8 Å². The highest BCUT2D eigenvalue weighted by molar-refractivity contribution is 5.77. The first-order valence-corrected chi connectivity index (χ1v) is 7.14. The number of rotatable bonds is 4. The Kier molecular flexibility index (Phi) is 5.48. The van der Waals surface area contributed by atoms with Crippen molar-refractivity contribution in [2.24, 2.45) is 0 Å². The van der Waals surface area contributed by atoms with E-state index in [1.165, 1.54) is 6.33 Å². The molecule has 0 radical (unpaired) electrons. The fraction of sp³-hybridized carbons (Fsp3) is 0.571. The standard InChI is InChI=1S/C14H20N4O3/c1-2-21-14(20)18-7-5-17(6-8-18)13(19)4-3-12-9-15-11-16-10-12/h9-11H,2-8H2,1H3. The molecule has 114 valence electrons. The Balaban J connectivity index is 1.74. The number of hydrogen-bond acceptors (Lipinski definition) is 5. The van der Waals surface area contributed by atoms with E-state index >= 15 is 0 Å². The third-order valence-corrected chi connectivity index (χ3v) is 3.40.